The Morgan fingerprint density at radius 2 is 1.94 bits per heavy atom. The summed E-state index contributed by atoms with van der Waals surface area (Å²) in [6, 6.07) is 4.64. The van der Waals surface area contributed by atoms with Gasteiger partial charge in [0.15, 0.2) is 0 Å². The fraction of sp³-hybridized carbons (Fsp3) is 0.364. The van der Waals surface area contributed by atoms with Crippen LogP contribution in [0.1, 0.15) is 28.8 Å². The molecule has 3 rings (SSSR count). The van der Waals surface area contributed by atoms with E-state index in [4.69, 9.17) is 0 Å². The molecule has 1 atom stereocenters. The number of carbonyl (C=O) groups is 2. The molecule has 0 saturated heterocycles. The van der Waals surface area contributed by atoms with Crippen molar-refractivity contribution in [2.45, 2.75) is 38.0 Å². The topological polar surface area (TPSA) is 95.2 Å². The summed E-state index contributed by atoms with van der Waals surface area (Å²) in [6.45, 7) is 5.03. The number of alkyl halides is 3. The maximum atomic E-state index is 13.1. The first-order valence-corrected chi connectivity index (χ1v) is 12.1. The molecule has 2 N–H and O–H groups in total. The van der Waals surface area contributed by atoms with Crippen LogP contribution in [-0.4, -0.2) is 45.5 Å². The molecule has 2 amide bonds. The van der Waals surface area contributed by atoms with E-state index in [1.165, 1.54) is 42.3 Å². The summed E-state index contributed by atoms with van der Waals surface area (Å²) in [5, 5.41) is 2.21. The first kappa shape index (κ1) is 25.8. The van der Waals surface area contributed by atoms with Gasteiger partial charge < -0.3 is 15.2 Å². The van der Waals surface area contributed by atoms with E-state index in [2.05, 4.69) is 15.3 Å². The molecule has 0 radical (unpaired) electrons. The highest BCUT2D eigenvalue weighted by molar-refractivity contribution is 7.99. The number of thiophene rings is 1. The minimum Gasteiger partial charge on any atom is -0.335 e. The summed E-state index contributed by atoms with van der Waals surface area (Å²) in [5.74, 6) is -0.416. The van der Waals surface area contributed by atoms with E-state index in [-0.39, 0.29) is 22.9 Å². The number of rotatable bonds is 7. The van der Waals surface area contributed by atoms with Crippen LogP contribution in [0.15, 0.2) is 29.1 Å². The highest BCUT2D eigenvalue weighted by atomic mass is 32.2. The van der Waals surface area contributed by atoms with Crippen LogP contribution in [0.5, 0.6) is 0 Å². The average Bonchev–Trinajstić information content (AvgIpc) is 3.04. The van der Waals surface area contributed by atoms with Gasteiger partial charge in [0.25, 0.3) is 5.56 Å². The van der Waals surface area contributed by atoms with E-state index in [1.54, 1.807) is 6.92 Å². The molecular formula is C22H23F3N4O3S2. The number of anilines is 1. The van der Waals surface area contributed by atoms with Crippen molar-refractivity contribution in [3.63, 3.8) is 0 Å². The molecule has 7 nitrogen and oxygen atoms in total. The van der Waals surface area contributed by atoms with Gasteiger partial charge in [-0.3, -0.25) is 14.4 Å². The van der Waals surface area contributed by atoms with Crippen molar-refractivity contribution in [2.75, 3.05) is 18.9 Å². The summed E-state index contributed by atoms with van der Waals surface area (Å²) in [4.78, 5) is 47.3. The Morgan fingerprint density at radius 1 is 1.26 bits per heavy atom. The van der Waals surface area contributed by atoms with E-state index in [9.17, 15) is 27.6 Å². The van der Waals surface area contributed by atoms with Crippen LogP contribution in [0.4, 0.5) is 18.9 Å². The van der Waals surface area contributed by atoms with Crippen molar-refractivity contribution in [3.05, 3.63) is 56.4 Å². The molecule has 0 unspecified atom stereocenters. The maximum Gasteiger partial charge on any atom is 0.418 e. The Hall–Kier alpha value is -2.86. The lowest BCUT2D eigenvalue weighted by atomic mass is 10.1. The third-order valence-corrected chi connectivity index (χ3v) is 7.41. The monoisotopic (exact) mass is 512 g/mol. The number of H-pyrrole nitrogens is 1. The molecule has 0 fully saturated rings. The number of amides is 2. The second-order valence-electron chi connectivity index (χ2n) is 7.72. The molecule has 0 bridgehead atoms. The van der Waals surface area contributed by atoms with Crippen molar-refractivity contribution >= 4 is 50.8 Å². The van der Waals surface area contributed by atoms with E-state index in [0.717, 1.165) is 27.5 Å². The van der Waals surface area contributed by atoms with Crippen LogP contribution in [0.2, 0.25) is 0 Å². The van der Waals surface area contributed by atoms with Crippen LogP contribution < -0.4 is 10.9 Å². The van der Waals surface area contributed by atoms with Gasteiger partial charge in [-0.05, 0) is 38.5 Å². The Balaban J connectivity index is 1.59. The molecule has 12 heteroatoms. The largest absolute Gasteiger partial charge is 0.418 e. The van der Waals surface area contributed by atoms with Crippen LogP contribution in [0.3, 0.4) is 0 Å². The Morgan fingerprint density at radius 3 is 2.62 bits per heavy atom. The van der Waals surface area contributed by atoms with Crippen molar-refractivity contribution in [2.24, 2.45) is 0 Å². The first-order chi connectivity index (χ1) is 15.9. The lowest BCUT2D eigenvalue weighted by Crippen LogP contribution is -2.39. The summed E-state index contributed by atoms with van der Waals surface area (Å²) < 4.78 is 39.3. The number of carbonyl (C=O) groups excluding carboxylic acids is 2. The third-order valence-electron chi connectivity index (χ3n) is 5.17. The van der Waals surface area contributed by atoms with Gasteiger partial charge in [0.1, 0.15) is 10.7 Å². The summed E-state index contributed by atoms with van der Waals surface area (Å²) >= 11 is 2.66. The molecule has 182 valence electrons. The van der Waals surface area contributed by atoms with E-state index in [1.807, 2.05) is 13.8 Å². The minimum absolute atomic E-state index is 0.227. The molecule has 2 aromatic heterocycles. The molecule has 34 heavy (non-hydrogen) atoms. The molecule has 2 heterocycles. The number of thioether (sulfide) groups is 1. The van der Waals surface area contributed by atoms with Gasteiger partial charge in [0.2, 0.25) is 11.8 Å². The lowest BCUT2D eigenvalue weighted by molar-refractivity contribution is -0.137. The van der Waals surface area contributed by atoms with Crippen molar-refractivity contribution in [1.29, 1.82) is 0 Å². The second-order valence-corrected chi connectivity index (χ2v) is 10.2. The Labute approximate surface area is 201 Å². The standard InChI is InChI=1S/C22H23F3N4O3S2/c1-11-12(2)34-20-18(11)19(31)27-16(28-20)10-33-13(3)21(32)29(4)9-17(30)26-15-8-6-5-7-14(15)22(23,24)25/h5-8,13H,9-10H2,1-4H3,(H,26,30)(H,27,28,31)/t13-/m0/s1. The normalized spacial score (nSPS) is 12.6. The number of benzene rings is 1. The molecule has 1 aromatic carbocycles. The van der Waals surface area contributed by atoms with E-state index in [0.29, 0.717) is 16.0 Å². The zero-order valence-corrected chi connectivity index (χ0v) is 20.5. The van der Waals surface area contributed by atoms with Crippen molar-refractivity contribution in [1.82, 2.24) is 14.9 Å². The minimum atomic E-state index is -4.62. The molecule has 3 aromatic rings. The first-order valence-electron chi connectivity index (χ1n) is 10.2. The summed E-state index contributed by atoms with van der Waals surface area (Å²) in [5.41, 5.74) is -0.660. The zero-order valence-electron chi connectivity index (χ0n) is 18.9. The molecule has 0 spiro atoms. The average molecular weight is 513 g/mol. The molecule has 0 aliphatic carbocycles. The Bertz CT molecular complexity index is 1290. The van der Waals surface area contributed by atoms with Crippen LogP contribution >= 0.6 is 23.1 Å². The van der Waals surface area contributed by atoms with Gasteiger partial charge in [-0.1, -0.05) is 12.1 Å². The van der Waals surface area contributed by atoms with Crippen LogP contribution in [-0.2, 0) is 21.5 Å². The van der Waals surface area contributed by atoms with Gasteiger partial charge in [0.05, 0.1) is 34.2 Å². The number of aryl methyl sites for hydroxylation is 2. The number of hydrogen-bond acceptors (Lipinski definition) is 6. The van der Waals surface area contributed by atoms with Gasteiger partial charge in [-0.25, -0.2) is 4.98 Å². The fourth-order valence-electron chi connectivity index (χ4n) is 3.28. The zero-order chi connectivity index (χ0) is 25.2. The molecule has 0 aliphatic heterocycles. The lowest BCUT2D eigenvalue weighted by Gasteiger charge is -2.21. The van der Waals surface area contributed by atoms with Gasteiger partial charge >= 0.3 is 6.18 Å². The quantitative estimate of drug-likeness (QED) is 0.491. The highest BCUT2D eigenvalue weighted by Gasteiger charge is 2.33. The van der Waals surface area contributed by atoms with Gasteiger partial charge in [-0.2, -0.15) is 13.2 Å². The smallest absolute Gasteiger partial charge is 0.335 e. The number of likely N-dealkylation sites (N-methyl/N-ethyl adjacent to an activating group) is 1. The van der Waals surface area contributed by atoms with E-state index < -0.39 is 29.4 Å². The number of nitrogens with one attached hydrogen (secondary N) is 2. The van der Waals surface area contributed by atoms with Crippen molar-refractivity contribution in [3.8, 4) is 0 Å². The number of hydrogen-bond donors (Lipinski definition) is 2. The van der Waals surface area contributed by atoms with Crippen LogP contribution in [0.25, 0.3) is 10.2 Å². The number of nitrogens with zero attached hydrogens (tertiary/aromatic N) is 2. The number of aromatic nitrogens is 2. The van der Waals surface area contributed by atoms with Gasteiger partial charge in [0, 0.05) is 11.9 Å². The van der Waals surface area contributed by atoms with Crippen molar-refractivity contribution < 1.29 is 22.8 Å². The molecule has 0 saturated carbocycles. The number of aromatic amines is 1. The second kappa shape index (κ2) is 10.2. The van der Waals surface area contributed by atoms with Gasteiger partial charge in [-0.15, -0.1) is 23.1 Å². The molecule has 0 aliphatic rings. The summed E-state index contributed by atoms with van der Waals surface area (Å²) in [7, 11) is 1.40. The molecular weight excluding hydrogens is 489 g/mol. The summed E-state index contributed by atoms with van der Waals surface area (Å²) in [6.07, 6.45) is -4.62. The fourth-order valence-corrected chi connectivity index (χ4v) is 5.19. The predicted molar refractivity (Wildman–Crippen MR) is 128 cm³/mol. The number of halogens is 3. The number of fused-ring (bicyclic) bond motifs is 1. The highest BCUT2D eigenvalue weighted by Crippen LogP contribution is 2.34. The number of para-hydroxylation sites is 1. The maximum absolute atomic E-state index is 13.1. The Kier molecular flexibility index (Phi) is 7.71. The predicted octanol–water partition coefficient (Wildman–Crippen LogP) is 4.34. The van der Waals surface area contributed by atoms with Crippen LogP contribution in [0, 0.1) is 13.8 Å². The third kappa shape index (κ3) is 5.79. The van der Waals surface area contributed by atoms with E-state index >= 15 is 0 Å². The SMILES string of the molecule is Cc1sc2nc(CS[C@@H](C)C(=O)N(C)CC(=O)Nc3ccccc3C(F)(F)F)[nH]c(=O)c2c1C.